The van der Waals surface area contributed by atoms with Crippen molar-refractivity contribution in [3.63, 3.8) is 0 Å². The van der Waals surface area contributed by atoms with Gasteiger partial charge >= 0.3 is 0 Å². The molecule has 7 nitrogen and oxygen atoms in total. The number of hydrogen-bond donors (Lipinski definition) is 1. The van der Waals surface area contributed by atoms with E-state index in [1.54, 1.807) is 6.07 Å². The maximum absolute atomic E-state index is 12.8. The first-order valence-corrected chi connectivity index (χ1v) is 8.98. The summed E-state index contributed by atoms with van der Waals surface area (Å²) in [7, 11) is 0. The predicted octanol–water partition coefficient (Wildman–Crippen LogP) is 0.683. The summed E-state index contributed by atoms with van der Waals surface area (Å²) in [6.07, 6.45) is 4.96. The van der Waals surface area contributed by atoms with Crippen molar-refractivity contribution in [3.8, 4) is 0 Å². The van der Waals surface area contributed by atoms with Crippen molar-refractivity contribution in [2.75, 3.05) is 44.2 Å². The van der Waals surface area contributed by atoms with E-state index in [4.69, 9.17) is 0 Å². The van der Waals surface area contributed by atoms with Crippen LogP contribution >= 0.6 is 0 Å². The standard InChI is InChI=1S/C17H27N5O2/c1-14(20-8-4-2-3-5-9-20)17(24)22-12-10-21(11-13-22)15-6-7-16(23)19-18-15/h6-7,14H,2-5,8-13H2,1H3,(H,19,23)/t14-/m1/s1. The summed E-state index contributed by atoms with van der Waals surface area (Å²) in [5.41, 5.74) is -0.196. The molecule has 1 aromatic rings. The van der Waals surface area contributed by atoms with Crippen LogP contribution in [0.4, 0.5) is 5.82 Å². The number of carbonyl (C=O) groups excluding carboxylic acids is 1. The number of nitrogens with zero attached hydrogens (tertiary/aromatic N) is 4. The molecular formula is C17H27N5O2. The number of nitrogens with one attached hydrogen (secondary N) is 1. The smallest absolute Gasteiger partial charge is 0.264 e. The minimum atomic E-state index is -0.196. The Kier molecular flexibility index (Phi) is 5.50. The van der Waals surface area contributed by atoms with Crippen molar-refractivity contribution >= 4 is 11.7 Å². The average Bonchev–Trinajstić information content (AvgIpc) is 2.91. The third-order valence-corrected chi connectivity index (χ3v) is 5.13. The molecule has 1 aromatic heterocycles. The SMILES string of the molecule is C[C@H](C(=O)N1CCN(c2ccc(=O)[nH]n2)CC1)N1CCCCCC1. The molecule has 1 N–H and O–H groups in total. The molecule has 1 atom stereocenters. The zero-order valence-electron chi connectivity index (χ0n) is 14.4. The average molecular weight is 333 g/mol. The van der Waals surface area contributed by atoms with E-state index in [0.717, 1.165) is 32.0 Å². The van der Waals surface area contributed by atoms with Crippen LogP contribution in [-0.4, -0.2) is 71.2 Å². The van der Waals surface area contributed by atoms with Gasteiger partial charge in [-0.15, -0.1) is 0 Å². The summed E-state index contributed by atoms with van der Waals surface area (Å²) in [5, 5.41) is 6.53. The number of amides is 1. The van der Waals surface area contributed by atoms with Crippen LogP contribution in [0.15, 0.2) is 16.9 Å². The Bertz CT molecular complexity index is 581. The fourth-order valence-corrected chi connectivity index (χ4v) is 3.57. The number of aromatic amines is 1. The second-order valence-electron chi connectivity index (χ2n) is 6.72. The van der Waals surface area contributed by atoms with Crippen LogP contribution in [0.1, 0.15) is 32.6 Å². The van der Waals surface area contributed by atoms with E-state index in [0.29, 0.717) is 13.1 Å². The Labute approximate surface area is 142 Å². The molecule has 2 aliphatic heterocycles. The van der Waals surface area contributed by atoms with Gasteiger partial charge in [-0.25, -0.2) is 5.10 Å². The Morgan fingerprint density at radius 1 is 1.04 bits per heavy atom. The van der Waals surface area contributed by atoms with Gasteiger partial charge in [0.2, 0.25) is 5.91 Å². The summed E-state index contributed by atoms with van der Waals surface area (Å²) in [6.45, 7) is 7.02. The lowest BCUT2D eigenvalue weighted by atomic mass is 10.2. The van der Waals surface area contributed by atoms with Gasteiger partial charge in [-0.05, 0) is 38.9 Å². The van der Waals surface area contributed by atoms with Crippen LogP contribution in [0.3, 0.4) is 0 Å². The molecule has 0 radical (unpaired) electrons. The van der Waals surface area contributed by atoms with Gasteiger partial charge in [-0.2, -0.15) is 5.10 Å². The molecular weight excluding hydrogens is 306 g/mol. The van der Waals surface area contributed by atoms with Crippen molar-refractivity contribution in [2.24, 2.45) is 0 Å². The summed E-state index contributed by atoms with van der Waals surface area (Å²) >= 11 is 0. The van der Waals surface area contributed by atoms with E-state index in [1.807, 2.05) is 11.8 Å². The summed E-state index contributed by atoms with van der Waals surface area (Å²) in [6, 6.07) is 3.19. The number of likely N-dealkylation sites (tertiary alicyclic amines) is 1. The van der Waals surface area contributed by atoms with E-state index < -0.39 is 0 Å². The second kappa shape index (κ2) is 7.79. The third-order valence-electron chi connectivity index (χ3n) is 5.13. The molecule has 132 valence electrons. The first-order chi connectivity index (χ1) is 11.6. The fourth-order valence-electron chi connectivity index (χ4n) is 3.57. The zero-order chi connectivity index (χ0) is 16.9. The van der Waals surface area contributed by atoms with Crippen LogP contribution in [0.25, 0.3) is 0 Å². The monoisotopic (exact) mass is 333 g/mol. The molecule has 0 spiro atoms. The zero-order valence-corrected chi connectivity index (χ0v) is 14.4. The first kappa shape index (κ1) is 17.0. The maximum atomic E-state index is 12.8. The molecule has 2 saturated heterocycles. The van der Waals surface area contributed by atoms with Gasteiger partial charge in [0.1, 0.15) is 5.82 Å². The largest absolute Gasteiger partial charge is 0.352 e. The van der Waals surface area contributed by atoms with Crippen molar-refractivity contribution < 1.29 is 4.79 Å². The minimum Gasteiger partial charge on any atom is -0.352 e. The van der Waals surface area contributed by atoms with Gasteiger partial charge in [0, 0.05) is 32.2 Å². The Hall–Kier alpha value is -1.89. The van der Waals surface area contributed by atoms with Crippen molar-refractivity contribution in [3.05, 3.63) is 22.5 Å². The predicted molar refractivity (Wildman–Crippen MR) is 93.2 cm³/mol. The van der Waals surface area contributed by atoms with Gasteiger partial charge in [0.15, 0.2) is 0 Å². The lowest BCUT2D eigenvalue weighted by Crippen LogP contribution is -2.54. The molecule has 3 heterocycles. The number of hydrogen-bond acceptors (Lipinski definition) is 5. The fraction of sp³-hybridized carbons (Fsp3) is 0.706. The van der Waals surface area contributed by atoms with Crippen molar-refractivity contribution in [1.82, 2.24) is 20.0 Å². The molecule has 3 rings (SSSR count). The number of piperazine rings is 1. The lowest BCUT2D eigenvalue weighted by molar-refractivity contribution is -0.136. The first-order valence-electron chi connectivity index (χ1n) is 8.98. The highest BCUT2D eigenvalue weighted by Gasteiger charge is 2.29. The molecule has 7 heteroatoms. The van der Waals surface area contributed by atoms with E-state index in [2.05, 4.69) is 20.0 Å². The Morgan fingerprint density at radius 2 is 1.71 bits per heavy atom. The molecule has 2 aliphatic rings. The van der Waals surface area contributed by atoms with E-state index >= 15 is 0 Å². The highest BCUT2D eigenvalue weighted by Crippen LogP contribution is 2.16. The molecule has 2 fully saturated rings. The van der Waals surface area contributed by atoms with Crippen LogP contribution in [0.2, 0.25) is 0 Å². The number of rotatable bonds is 3. The summed E-state index contributed by atoms with van der Waals surface area (Å²) in [4.78, 5) is 30.3. The van der Waals surface area contributed by atoms with Crippen LogP contribution in [-0.2, 0) is 4.79 Å². The van der Waals surface area contributed by atoms with E-state index in [9.17, 15) is 9.59 Å². The molecule has 0 aromatic carbocycles. The molecule has 24 heavy (non-hydrogen) atoms. The normalized spacial score (nSPS) is 21.4. The van der Waals surface area contributed by atoms with E-state index in [1.165, 1.54) is 31.7 Å². The molecule has 0 bridgehead atoms. The number of aromatic nitrogens is 2. The Balaban J connectivity index is 1.54. The highest BCUT2D eigenvalue weighted by molar-refractivity contribution is 5.81. The third kappa shape index (κ3) is 3.95. The van der Waals surface area contributed by atoms with Gasteiger partial charge < -0.3 is 9.80 Å². The van der Waals surface area contributed by atoms with Gasteiger partial charge in [-0.3, -0.25) is 14.5 Å². The van der Waals surface area contributed by atoms with Crippen LogP contribution in [0.5, 0.6) is 0 Å². The second-order valence-corrected chi connectivity index (χ2v) is 6.72. The topological polar surface area (TPSA) is 72.5 Å². The number of anilines is 1. The number of carbonyl (C=O) groups is 1. The quantitative estimate of drug-likeness (QED) is 0.881. The molecule has 1 amide bonds. The van der Waals surface area contributed by atoms with Crippen molar-refractivity contribution in [2.45, 2.75) is 38.6 Å². The highest BCUT2D eigenvalue weighted by atomic mass is 16.2. The number of H-pyrrole nitrogens is 1. The van der Waals surface area contributed by atoms with Crippen LogP contribution in [0, 0.1) is 0 Å². The van der Waals surface area contributed by atoms with Crippen LogP contribution < -0.4 is 10.5 Å². The maximum Gasteiger partial charge on any atom is 0.264 e. The lowest BCUT2D eigenvalue weighted by Gasteiger charge is -2.38. The van der Waals surface area contributed by atoms with Gasteiger partial charge in [0.25, 0.3) is 5.56 Å². The van der Waals surface area contributed by atoms with Gasteiger partial charge in [-0.1, -0.05) is 12.8 Å². The molecule has 0 aliphatic carbocycles. The van der Waals surface area contributed by atoms with Crippen molar-refractivity contribution in [1.29, 1.82) is 0 Å². The molecule has 0 unspecified atom stereocenters. The van der Waals surface area contributed by atoms with Gasteiger partial charge in [0.05, 0.1) is 6.04 Å². The van der Waals surface area contributed by atoms with E-state index in [-0.39, 0.29) is 17.5 Å². The summed E-state index contributed by atoms with van der Waals surface area (Å²) in [5.74, 6) is 1.01. The summed E-state index contributed by atoms with van der Waals surface area (Å²) < 4.78 is 0. The Morgan fingerprint density at radius 3 is 2.29 bits per heavy atom. The minimum absolute atomic E-state index is 0.0270. The molecule has 0 saturated carbocycles.